The van der Waals surface area contributed by atoms with E-state index in [0.29, 0.717) is 55.2 Å². The van der Waals surface area contributed by atoms with Crippen molar-refractivity contribution in [2.45, 2.75) is 39.5 Å². The van der Waals surface area contributed by atoms with Crippen molar-refractivity contribution in [3.05, 3.63) is 41.9 Å². The maximum absolute atomic E-state index is 12.1. The lowest BCUT2D eigenvalue weighted by molar-refractivity contribution is -0.149. The monoisotopic (exact) mass is 685 g/mol. The number of aromatic nitrogens is 4. The van der Waals surface area contributed by atoms with E-state index in [4.69, 9.17) is 35.3 Å². The molecule has 3 aromatic rings. The summed E-state index contributed by atoms with van der Waals surface area (Å²) in [5.41, 5.74) is 0.699. The molecule has 2 fully saturated rings. The van der Waals surface area contributed by atoms with Gasteiger partial charge in [0.2, 0.25) is 17.0 Å². The fraction of sp³-hybridized carbons (Fsp3) is 0.515. The standard InChI is InChI=1S/C21H28N4O5.C12H16ClN3O2/c1-5-30-20(26)14-7-6-10-25(13-14)18-8-9-22-21(24-18)23-15-11-16(27-2)19(29-4)17(12-15)28-3;1-2-18-11(17)9-4-3-7-16(8-9)10-5-6-14-12(13)15-10/h8-9,11-12,14H,5-7,10,13H2,1-4H3,(H,22,23,24);5-6,9H,2-4,7-8H2,1H3. The van der Waals surface area contributed by atoms with Crippen LogP contribution in [0.2, 0.25) is 5.28 Å². The molecule has 14 nitrogen and oxygen atoms in total. The number of benzene rings is 1. The third-order valence-electron chi connectivity index (χ3n) is 7.90. The lowest BCUT2D eigenvalue weighted by Gasteiger charge is -2.32. The number of ether oxygens (including phenoxy) is 5. The third-order valence-corrected chi connectivity index (χ3v) is 8.09. The van der Waals surface area contributed by atoms with Crippen LogP contribution in [0.3, 0.4) is 0 Å². The summed E-state index contributed by atoms with van der Waals surface area (Å²) in [7, 11) is 4.69. The van der Waals surface area contributed by atoms with Crippen LogP contribution in [0.25, 0.3) is 0 Å². The number of methoxy groups -OCH3 is 3. The van der Waals surface area contributed by atoms with Gasteiger partial charge in [-0.05, 0) is 63.3 Å². The van der Waals surface area contributed by atoms with Gasteiger partial charge < -0.3 is 38.8 Å². The number of rotatable bonds is 11. The van der Waals surface area contributed by atoms with Gasteiger partial charge in [0.1, 0.15) is 11.6 Å². The summed E-state index contributed by atoms with van der Waals surface area (Å²) in [6, 6.07) is 7.22. The minimum atomic E-state index is -0.146. The maximum Gasteiger partial charge on any atom is 0.310 e. The highest BCUT2D eigenvalue weighted by Crippen LogP contribution is 2.40. The van der Waals surface area contributed by atoms with Gasteiger partial charge >= 0.3 is 11.9 Å². The van der Waals surface area contributed by atoms with Crippen molar-refractivity contribution in [3.8, 4) is 17.2 Å². The molecule has 2 atom stereocenters. The molecule has 1 N–H and O–H groups in total. The Morgan fingerprint density at radius 2 is 1.33 bits per heavy atom. The van der Waals surface area contributed by atoms with Crippen LogP contribution in [0.15, 0.2) is 36.7 Å². The number of piperidine rings is 2. The van der Waals surface area contributed by atoms with Crippen LogP contribution in [0.1, 0.15) is 39.5 Å². The predicted molar refractivity (Wildman–Crippen MR) is 182 cm³/mol. The zero-order valence-corrected chi connectivity index (χ0v) is 28.9. The van der Waals surface area contributed by atoms with Crippen molar-refractivity contribution in [1.29, 1.82) is 0 Å². The lowest BCUT2D eigenvalue weighted by Crippen LogP contribution is -2.39. The first-order chi connectivity index (χ1) is 23.3. The number of nitrogens with zero attached hydrogens (tertiary/aromatic N) is 6. The van der Waals surface area contributed by atoms with Gasteiger partial charge in [0.25, 0.3) is 0 Å². The fourth-order valence-electron chi connectivity index (χ4n) is 5.65. The summed E-state index contributed by atoms with van der Waals surface area (Å²) in [4.78, 5) is 45.0. The van der Waals surface area contributed by atoms with Gasteiger partial charge in [-0.1, -0.05) is 0 Å². The summed E-state index contributed by atoms with van der Waals surface area (Å²) >= 11 is 5.77. The number of halogens is 1. The highest BCUT2D eigenvalue weighted by molar-refractivity contribution is 6.28. The third kappa shape index (κ3) is 9.72. The number of nitrogens with one attached hydrogen (secondary N) is 1. The lowest BCUT2D eigenvalue weighted by atomic mass is 9.98. The Morgan fingerprint density at radius 3 is 1.81 bits per heavy atom. The summed E-state index contributed by atoms with van der Waals surface area (Å²) in [5, 5.41) is 3.41. The molecule has 0 radical (unpaired) electrons. The minimum absolute atomic E-state index is 0.0764. The van der Waals surface area contributed by atoms with Crippen LogP contribution in [0.4, 0.5) is 23.3 Å². The van der Waals surface area contributed by atoms with Crippen LogP contribution >= 0.6 is 11.6 Å². The second-order valence-electron chi connectivity index (χ2n) is 11.0. The van der Waals surface area contributed by atoms with Gasteiger partial charge in [0.15, 0.2) is 11.5 Å². The van der Waals surface area contributed by atoms with Gasteiger partial charge in [-0.15, -0.1) is 0 Å². The van der Waals surface area contributed by atoms with Crippen molar-refractivity contribution < 1.29 is 33.3 Å². The molecule has 0 aliphatic carbocycles. The molecule has 0 saturated carbocycles. The van der Waals surface area contributed by atoms with Gasteiger partial charge in [0.05, 0.1) is 46.4 Å². The molecule has 48 heavy (non-hydrogen) atoms. The highest BCUT2D eigenvalue weighted by atomic mass is 35.5. The van der Waals surface area contributed by atoms with E-state index in [-0.39, 0.29) is 29.1 Å². The first-order valence-electron chi connectivity index (χ1n) is 16.0. The van der Waals surface area contributed by atoms with Crippen molar-refractivity contribution >= 4 is 46.8 Å². The number of hydrogen-bond donors (Lipinski definition) is 1. The molecule has 0 bridgehead atoms. The Bertz CT molecular complexity index is 1490. The van der Waals surface area contributed by atoms with Crippen LogP contribution in [0.5, 0.6) is 17.2 Å². The van der Waals surface area contributed by atoms with Crippen LogP contribution in [-0.4, -0.2) is 92.6 Å². The molecule has 4 heterocycles. The van der Waals surface area contributed by atoms with Crippen LogP contribution in [0, 0.1) is 11.8 Å². The zero-order chi connectivity index (χ0) is 34.5. The van der Waals surface area contributed by atoms with Gasteiger partial charge in [-0.3, -0.25) is 9.59 Å². The summed E-state index contributed by atoms with van der Waals surface area (Å²) < 4.78 is 26.4. The van der Waals surface area contributed by atoms with E-state index in [1.54, 1.807) is 51.9 Å². The maximum atomic E-state index is 12.1. The highest BCUT2D eigenvalue weighted by Gasteiger charge is 2.29. The molecule has 2 saturated heterocycles. The number of carbonyl (C=O) groups is 2. The van der Waals surface area contributed by atoms with E-state index >= 15 is 0 Å². The summed E-state index contributed by atoms with van der Waals surface area (Å²) in [6.45, 7) is 7.39. The molecule has 0 spiro atoms. The Kier molecular flexibility index (Phi) is 13.7. The van der Waals surface area contributed by atoms with Gasteiger partial charge in [0, 0.05) is 56.4 Å². The number of anilines is 4. The molecule has 2 aliphatic rings. The van der Waals surface area contributed by atoms with Crippen molar-refractivity contribution in [3.63, 3.8) is 0 Å². The van der Waals surface area contributed by atoms with Crippen molar-refractivity contribution in [2.75, 3.05) is 75.8 Å². The molecule has 0 amide bonds. The quantitative estimate of drug-likeness (QED) is 0.214. The average Bonchev–Trinajstić information content (AvgIpc) is 3.12. The molecule has 2 aromatic heterocycles. The zero-order valence-electron chi connectivity index (χ0n) is 28.1. The first kappa shape index (κ1) is 36.2. The van der Waals surface area contributed by atoms with E-state index in [0.717, 1.165) is 50.4 Å². The molecule has 2 unspecified atom stereocenters. The number of hydrogen-bond acceptors (Lipinski definition) is 14. The Hall–Kier alpha value is -4.59. The molecule has 15 heteroatoms. The second kappa shape index (κ2) is 18.1. The fourth-order valence-corrected chi connectivity index (χ4v) is 5.79. The minimum Gasteiger partial charge on any atom is -0.493 e. The Balaban J connectivity index is 0.000000246. The van der Waals surface area contributed by atoms with Gasteiger partial charge in [-0.25, -0.2) is 15.0 Å². The molecule has 260 valence electrons. The molecular weight excluding hydrogens is 642 g/mol. The predicted octanol–water partition coefficient (Wildman–Crippen LogP) is 4.94. The van der Waals surface area contributed by atoms with E-state index in [9.17, 15) is 9.59 Å². The average molecular weight is 686 g/mol. The second-order valence-corrected chi connectivity index (χ2v) is 11.4. The van der Waals surface area contributed by atoms with Crippen molar-refractivity contribution in [1.82, 2.24) is 19.9 Å². The molecule has 5 rings (SSSR count). The van der Waals surface area contributed by atoms with E-state index in [1.807, 2.05) is 19.9 Å². The number of esters is 2. The Labute approximate surface area is 286 Å². The van der Waals surface area contributed by atoms with E-state index < -0.39 is 0 Å². The van der Waals surface area contributed by atoms with E-state index in [2.05, 4.69) is 35.1 Å². The van der Waals surface area contributed by atoms with Crippen LogP contribution in [-0.2, 0) is 19.1 Å². The molecular formula is C33H44ClN7O7. The normalized spacial score (nSPS) is 17.4. The van der Waals surface area contributed by atoms with Crippen LogP contribution < -0.4 is 29.3 Å². The van der Waals surface area contributed by atoms with Gasteiger partial charge in [-0.2, -0.15) is 4.98 Å². The molecule has 2 aliphatic heterocycles. The smallest absolute Gasteiger partial charge is 0.310 e. The summed E-state index contributed by atoms with van der Waals surface area (Å²) in [5.74, 6) is 3.05. The largest absolute Gasteiger partial charge is 0.493 e. The topological polar surface area (TPSA) is 150 Å². The Morgan fingerprint density at radius 1 is 0.812 bits per heavy atom. The first-order valence-corrected chi connectivity index (χ1v) is 16.4. The SMILES string of the molecule is CCOC(=O)C1CCCN(c2ccnc(Cl)n2)C1.CCOC(=O)C1CCCN(c2ccnc(Nc3cc(OC)c(OC)c(OC)c3)n2)C1. The van der Waals surface area contributed by atoms with E-state index in [1.165, 1.54) is 0 Å². The van der Waals surface area contributed by atoms with Crippen molar-refractivity contribution in [2.24, 2.45) is 11.8 Å². The summed E-state index contributed by atoms with van der Waals surface area (Å²) in [6.07, 6.45) is 6.87. The number of carbonyl (C=O) groups excluding carboxylic acids is 2. The molecule has 1 aromatic carbocycles.